The molecule has 2 nitrogen and oxygen atoms in total. The van der Waals surface area contributed by atoms with Gasteiger partial charge in [0, 0.05) is 6.08 Å². The summed E-state index contributed by atoms with van der Waals surface area (Å²) < 4.78 is 4.88. The number of carbonyl (C=O) groups excluding carboxylic acids is 1. The zero-order valence-electron chi connectivity index (χ0n) is 10.8. The Morgan fingerprint density at radius 1 is 1.35 bits per heavy atom. The SMILES string of the molecule is CCOC(=O)/C=C(\C)CC(C)c1ccccc1. The smallest absolute Gasteiger partial charge is 0.330 e. The van der Waals surface area contributed by atoms with Crippen LogP contribution in [0.3, 0.4) is 0 Å². The van der Waals surface area contributed by atoms with Crippen molar-refractivity contribution < 1.29 is 9.53 Å². The van der Waals surface area contributed by atoms with Crippen molar-refractivity contribution in [1.82, 2.24) is 0 Å². The van der Waals surface area contributed by atoms with Crippen LogP contribution in [-0.2, 0) is 9.53 Å². The van der Waals surface area contributed by atoms with E-state index in [1.807, 2.05) is 32.0 Å². The van der Waals surface area contributed by atoms with Crippen LogP contribution < -0.4 is 0 Å². The Morgan fingerprint density at radius 3 is 2.59 bits per heavy atom. The van der Waals surface area contributed by atoms with Crippen molar-refractivity contribution in [2.75, 3.05) is 6.61 Å². The van der Waals surface area contributed by atoms with Crippen molar-refractivity contribution in [1.29, 1.82) is 0 Å². The molecule has 0 saturated carbocycles. The highest BCUT2D eigenvalue weighted by Crippen LogP contribution is 2.22. The molecule has 0 bridgehead atoms. The first-order valence-electron chi connectivity index (χ1n) is 6.02. The summed E-state index contributed by atoms with van der Waals surface area (Å²) in [6.07, 6.45) is 2.46. The minimum Gasteiger partial charge on any atom is -0.463 e. The van der Waals surface area contributed by atoms with Crippen LogP contribution in [0.25, 0.3) is 0 Å². The lowest BCUT2D eigenvalue weighted by Gasteiger charge is -2.11. The van der Waals surface area contributed by atoms with Gasteiger partial charge in [0.15, 0.2) is 0 Å². The van der Waals surface area contributed by atoms with Gasteiger partial charge in [0.2, 0.25) is 0 Å². The zero-order valence-corrected chi connectivity index (χ0v) is 10.8. The molecule has 0 fully saturated rings. The summed E-state index contributed by atoms with van der Waals surface area (Å²) in [5, 5.41) is 0. The van der Waals surface area contributed by atoms with Gasteiger partial charge in [0.05, 0.1) is 6.61 Å². The third-order valence-corrected chi connectivity index (χ3v) is 2.65. The van der Waals surface area contributed by atoms with E-state index in [9.17, 15) is 4.79 Å². The summed E-state index contributed by atoms with van der Waals surface area (Å²) in [6, 6.07) is 10.3. The molecule has 0 spiro atoms. The molecule has 1 unspecified atom stereocenters. The molecule has 1 rings (SSSR count). The predicted octanol–water partition coefficient (Wildman–Crippen LogP) is 3.69. The molecule has 0 amide bonds. The summed E-state index contributed by atoms with van der Waals surface area (Å²) in [5.74, 6) is 0.173. The maximum atomic E-state index is 11.3. The number of allylic oxidation sites excluding steroid dienone is 1. The van der Waals surface area contributed by atoms with E-state index >= 15 is 0 Å². The van der Waals surface area contributed by atoms with Crippen molar-refractivity contribution in [3.63, 3.8) is 0 Å². The monoisotopic (exact) mass is 232 g/mol. The third-order valence-electron chi connectivity index (χ3n) is 2.65. The maximum absolute atomic E-state index is 11.3. The maximum Gasteiger partial charge on any atom is 0.330 e. The van der Waals surface area contributed by atoms with Crippen LogP contribution >= 0.6 is 0 Å². The van der Waals surface area contributed by atoms with Crippen LogP contribution in [0.2, 0.25) is 0 Å². The van der Waals surface area contributed by atoms with E-state index in [1.165, 1.54) is 5.56 Å². The van der Waals surface area contributed by atoms with Crippen LogP contribution in [0.15, 0.2) is 42.0 Å². The Hall–Kier alpha value is -1.57. The summed E-state index contributed by atoms with van der Waals surface area (Å²) >= 11 is 0. The standard InChI is InChI=1S/C15H20O2/c1-4-17-15(16)11-12(2)10-13(3)14-8-6-5-7-9-14/h5-9,11,13H,4,10H2,1-3H3/b12-11+. The molecule has 0 aliphatic heterocycles. The average Bonchev–Trinajstić information content (AvgIpc) is 2.30. The van der Waals surface area contributed by atoms with Crippen LogP contribution in [0, 0.1) is 0 Å². The minimum atomic E-state index is -0.245. The lowest BCUT2D eigenvalue weighted by molar-refractivity contribution is -0.137. The fourth-order valence-electron chi connectivity index (χ4n) is 1.83. The number of hydrogen-bond donors (Lipinski definition) is 0. The molecule has 0 saturated heterocycles. The number of benzene rings is 1. The zero-order chi connectivity index (χ0) is 12.7. The van der Waals surface area contributed by atoms with Crippen molar-refractivity contribution in [3.05, 3.63) is 47.5 Å². The molecule has 1 aromatic carbocycles. The second-order valence-corrected chi connectivity index (χ2v) is 4.26. The Morgan fingerprint density at radius 2 is 2.00 bits per heavy atom. The predicted molar refractivity (Wildman–Crippen MR) is 69.9 cm³/mol. The Kier molecular flexibility index (Phi) is 5.47. The second kappa shape index (κ2) is 6.89. The molecule has 0 aliphatic rings. The highest BCUT2D eigenvalue weighted by molar-refractivity contribution is 5.82. The van der Waals surface area contributed by atoms with Crippen LogP contribution in [0.4, 0.5) is 0 Å². The van der Waals surface area contributed by atoms with E-state index in [0.717, 1.165) is 12.0 Å². The number of carbonyl (C=O) groups is 1. The first-order chi connectivity index (χ1) is 8.13. The topological polar surface area (TPSA) is 26.3 Å². The number of rotatable bonds is 5. The highest BCUT2D eigenvalue weighted by atomic mass is 16.5. The number of esters is 1. The molecule has 0 radical (unpaired) electrons. The van der Waals surface area contributed by atoms with E-state index in [1.54, 1.807) is 6.08 Å². The normalized spacial score (nSPS) is 13.2. The first-order valence-corrected chi connectivity index (χ1v) is 6.02. The molecular formula is C15H20O2. The van der Waals surface area contributed by atoms with E-state index in [4.69, 9.17) is 4.74 Å². The van der Waals surface area contributed by atoms with E-state index in [-0.39, 0.29) is 5.97 Å². The van der Waals surface area contributed by atoms with Gasteiger partial charge in [-0.25, -0.2) is 4.79 Å². The summed E-state index contributed by atoms with van der Waals surface area (Å²) in [4.78, 5) is 11.3. The first kappa shape index (κ1) is 13.5. The Labute approximate surface area is 103 Å². The van der Waals surface area contributed by atoms with Crippen LogP contribution in [0.1, 0.15) is 38.7 Å². The molecule has 0 aromatic heterocycles. The summed E-state index contributed by atoms with van der Waals surface area (Å²) in [7, 11) is 0. The van der Waals surface area contributed by atoms with Gasteiger partial charge in [-0.2, -0.15) is 0 Å². The van der Waals surface area contributed by atoms with E-state index in [0.29, 0.717) is 12.5 Å². The molecule has 0 aliphatic carbocycles. The van der Waals surface area contributed by atoms with Gasteiger partial charge in [-0.15, -0.1) is 0 Å². The summed E-state index contributed by atoms with van der Waals surface area (Å²) in [5.41, 5.74) is 2.35. The molecule has 17 heavy (non-hydrogen) atoms. The molecule has 0 N–H and O–H groups in total. The molecular weight excluding hydrogens is 212 g/mol. The van der Waals surface area contributed by atoms with Gasteiger partial charge in [-0.1, -0.05) is 42.8 Å². The van der Waals surface area contributed by atoms with E-state index in [2.05, 4.69) is 19.1 Å². The number of hydrogen-bond acceptors (Lipinski definition) is 2. The second-order valence-electron chi connectivity index (χ2n) is 4.26. The highest BCUT2D eigenvalue weighted by Gasteiger charge is 2.06. The largest absolute Gasteiger partial charge is 0.463 e. The fraction of sp³-hybridized carbons (Fsp3) is 0.400. The molecule has 2 heteroatoms. The van der Waals surface area contributed by atoms with E-state index < -0.39 is 0 Å². The van der Waals surface area contributed by atoms with Crippen molar-refractivity contribution in [2.45, 2.75) is 33.1 Å². The van der Waals surface area contributed by atoms with Crippen LogP contribution in [0.5, 0.6) is 0 Å². The van der Waals surface area contributed by atoms with Gasteiger partial charge in [-0.05, 0) is 31.7 Å². The Bertz CT molecular complexity index is 379. The molecule has 0 heterocycles. The van der Waals surface area contributed by atoms with Crippen LogP contribution in [-0.4, -0.2) is 12.6 Å². The fourth-order valence-corrected chi connectivity index (χ4v) is 1.83. The lowest BCUT2D eigenvalue weighted by Crippen LogP contribution is -2.02. The number of ether oxygens (including phenoxy) is 1. The van der Waals surface area contributed by atoms with Crippen molar-refractivity contribution in [3.8, 4) is 0 Å². The van der Waals surface area contributed by atoms with Gasteiger partial charge in [0.1, 0.15) is 0 Å². The molecule has 1 atom stereocenters. The quantitative estimate of drug-likeness (QED) is 0.571. The third kappa shape index (κ3) is 4.85. The van der Waals surface area contributed by atoms with Crippen molar-refractivity contribution in [2.24, 2.45) is 0 Å². The average molecular weight is 232 g/mol. The Balaban J connectivity index is 2.57. The summed E-state index contributed by atoms with van der Waals surface area (Å²) in [6.45, 7) is 6.37. The van der Waals surface area contributed by atoms with Gasteiger partial charge < -0.3 is 4.74 Å². The minimum absolute atomic E-state index is 0.245. The van der Waals surface area contributed by atoms with Gasteiger partial charge in [-0.3, -0.25) is 0 Å². The van der Waals surface area contributed by atoms with Crippen molar-refractivity contribution >= 4 is 5.97 Å². The van der Waals surface area contributed by atoms with Gasteiger partial charge >= 0.3 is 5.97 Å². The molecule has 1 aromatic rings. The lowest BCUT2D eigenvalue weighted by atomic mass is 9.94. The molecule has 92 valence electrons. The van der Waals surface area contributed by atoms with Gasteiger partial charge in [0.25, 0.3) is 0 Å².